The number of amides is 1. The first-order valence-corrected chi connectivity index (χ1v) is 11.1. The van der Waals surface area contributed by atoms with Crippen LogP contribution >= 0.6 is 0 Å². The Labute approximate surface area is 207 Å². The fourth-order valence-electron chi connectivity index (χ4n) is 3.35. The van der Waals surface area contributed by atoms with Gasteiger partial charge in [0.2, 0.25) is 0 Å². The highest BCUT2D eigenvalue weighted by molar-refractivity contribution is 5.97. The number of pyridine rings is 1. The maximum Gasteiger partial charge on any atom is 0.354 e. The summed E-state index contributed by atoms with van der Waals surface area (Å²) in [6.07, 6.45) is 0. The molecule has 0 aliphatic rings. The third-order valence-electron chi connectivity index (χ3n) is 5.20. The number of carboxylic acids is 1. The largest absolute Gasteiger partial charge is 0.485 e. The summed E-state index contributed by atoms with van der Waals surface area (Å²) < 4.78 is 25.1. The third kappa shape index (κ3) is 6.44. The zero-order chi connectivity index (χ0) is 25.3. The molecule has 36 heavy (non-hydrogen) atoms. The molecule has 1 aromatic heterocycles. The molecule has 0 radical (unpaired) electrons. The zero-order valence-electron chi connectivity index (χ0n) is 19.2. The van der Waals surface area contributed by atoms with E-state index in [0.717, 1.165) is 11.1 Å². The number of nitrogens with one attached hydrogen (secondary N) is 1. The summed E-state index contributed by atoms with van der Waals surface area (Å²) in [5.41, 5.74) is 1.76. The summed E-state index contributed by atoms with van der Waals surface area (Å²) in [4.78, 5) is 29.0. The van der Waals surface area contributed by atoms with Crippen LogP contribution in [0.1, 0.15) is 37.7 Å². The normalized spacial score (nSPS) is 10.5. The number of aromatic carboxylic acids is 1. The molecule has 0 fully saturated rings. The Hall–Kier alpha value is -4.72. The average molecular weight is 486 g/mol. The van der Waals surface area contributed by atoms with Crippen molar-refractivity contribution in [3.8, 4) is 11.5 Å². The van der Waals surface area contributed by atoms with Gasteiger partial charge >= 0.3 is 5.97 Å². The van der Waals surface area contributed by atoms with Crippen molar-refractivity contribution in [2.75, 3.05) is 0 Å². The first kappa shape index (κ1) is 24.4. The maximum atomic E-state index is 13.2. The van der Waals surface area contributed by atoms with Crippen LogP contribution in [0.3, 0.4) is 0 Å². The molecule has 1 heterocycles. The van der Waals surface area contributed by atoms with Gasteiger partial charge in [0, 0.05) is 12.6 Å². The van der Waals surface area contributed by atoms with Gasteiger partial charge in [0.15, 0.2) is 22.9 Å². The van der Waals surface area contributed by atoms with Gasteiger partial charge in [-0.15, -0.1) is 0 Å². The second kappa shape index (κ2) is 11.6. The number of rotatable bonds is 10. The van der Waals surface area contributed by atoms with Gasteiger partial charge in [-0.25, -0.2) is 14.2 Å². The molecule has 4 rings (SSSR count). The number of benzene rings is 3. The van der Waals surface area contributed by atoms with E-state index in [2.05, 4.69) is 10.3 Å². The molecule has 0 saturated carbocycles. The fraction of sp³-hybridized carbons (Fsp3) is 0.107. The van der Waals surface area contributed by atoms with Crippen LogP contribution in [-0.4, -0.2) is 22.0 Å². The Kier molecular flexibility index (Phi) is 7.87. The second-order valence-corrected chi connectivity index (χ2v) is 7.85. The lowest BCUT2D eigenvalue weighted by Crippen LogP contribution is -2.25. The Bertz CT molecular complexity index is 1330. The molecule has 182 valence electrons. The van der Waals surface area contributed by atoms with Gasteiger partial charge < -0.3 is 19.9 Å². The average Bonchev–Trinajstić information content (AvgIpc) is 2.91. The molecule has 8 heteroatoms. The van der Waals surface area contributed by atoms with Crippen molar-refractivity contribution in [2.24, 2.45) is 0 Å². The van der Waals surface area contributed by atoms with Crippen molar-refractivity contribution >= 4 is 11.9 Å². The molecule has 4 aromatic rings. The molecule has 0 bridgehead atoms. The number of carboxylic acid groups (broad SMARTS) is 1. The van der Waals surface area contributed by atoms with Gasteiger partial charge in [0.25, 0.3) is 5.91 Å². The molecule has 7 nitrogen and oxygen atoms in total. The Morgan fingerprint density at radius 3 is 1.97 bits per heavy atom. The number of hydrogen-bond acceptors (Lipinski definition) is 5. The number of halogens is 1. The van der Waals surface area contributed by atoms with Gasteiger partial charge in [-0.2, -0.15) is 0 Å². The summed E-state index contributed by atoms with van der Waals surface area (Å²) in [7, 11) is 0. The van der Waals surface area contributed by atoms with Gasteiger partial charge in [0.1, 0.15) is 19.0 Å². The lowest BCUT2D eigenvalue weighted by atomic mass is 10.2. The van der Waals surface area contributed by atoms with Crippen molar-refractivity contribution < 1.29 is 28.6 Å². The summed E-state index contributed by atoms with van der Waals surface area (Å²) in [6.45, 7) is 0.313. The van der Waals surface area contributed by atoms with Crippen LogP contribution in [0.4, 0.5) is 4.39 Å². The fourth-order valence-corrected chi connectivity index (χ4v) is 3.35. The minimum Gasteiger partial charge on any atom is -0.485 e. The van der Waals surface area contributed by atoms with E-state index in [1.54, 1.807) is 0 Å². The quantitative estimate of drug-likeness (QED) is 0.327. The first-order chi connectivity index (χ1) is 17.5. The van der Waals surface area contributed by atoms with E-state index in [4.69, 9.17) is 9.47 Å². The van der Waals surface area contributed by atoms with Crippen LogP contribution in [0.5, 0.6) is 11.5 Å². The van der Waals surface area contributed by atoms with E-state index in [9.17, 15) is 19.1 Å². The lowest BCUT2D eigenvalue weighted by molar-refractivity contribution is 0.0689. The standard InChI is InChI=1S/C28H23FN2O5/c29-22-13-11-19(12-14-22)16-30-27(32)25-26(36-18-21-9-5-2-6-10-21)24(15-23(31-25)28(33)34)35-17-20-7-3-1-4-8-20/h1-15H,16-18H2,(H,30,32)(H,33,34). The van der Waals surface area contributed by atoms with Crippen molar-refractivity contribution in [1.82, 2.24) is 10.3 Å². The highest BCUT2D eigenvalue weighted by atomic mass is 19.1. The molecule has 0 atom stereocenters. The minimum atomic E-state index is -1.32. The van der Waals surface area contributed by atoms with E-state index in [-0.39, 0.29) is 42.6 Å². The van der Waals surface area contributed by atoms with Crippen LogP contribution in [0.25, 0.3) is 0 Å². The molecule has 3 aromatic carbocycles. The van der Waals surface area contributed by atoms with Crippen molar-refractivity contribution in [2.45, 2.75) is 19.8 Å². The predicted octanol–water partition coefficient (Wildman–Crippen LogP) is 5.01. The number of nitrogens with zero attached hydrogens (tertiary/aromatic N) is 1. The van der Waals surface area contributed by atoms with Crippen LogP contribution in [-0.2, 0) is 19.8 Å². The molecular formula is C28H23FN2O5. The lowest BCUT2D eigenvalue weighted by Gasteiger charge is -2.17. The molecule has 0 unspecified atom stereocenters. The summed E-state index contributed by atoms with van der Waals surface area (Å²) in [5, 5.41) is 12.3. The van der Waals surface area contributed by atoms with Crippen LogP contribution in [0.2, 0.25) is 0 Å². The number of ether oxygens (including phenoxy) is 2. The molecular weight excluding hydrogens is 463 g/mol. The van der Waals surface area contributed by atoms with Crippen molar-refractivity contribution in [3.05, 3.63) is 125 Å². The predicted molar refractivity (Wildman–Crippen MR) is 130 cm³/mol. The summed E-state index contributed by atoms with van der Waals surface area (Å²) >= 11 is 0. The van der Waals surface area contributed by atoms with Crippen LogP contribution < -0.4 is 14.8 Å². The van der Waals surface area contributed by atoms with E-state index in [1.807, 2.05) is 60.7 Å². The number of hydrogen-bond donors (Lipinski definition) is 2. The van der Waals surface area contributed by atoms with Crippen LogP contribution in [0.15, 0.2) is 91.0 Å². The first-order valence-electron chi connectivity index (χ1n) is 11.1. The molecule has 0 saturated heterocycles. The van der Waals surface area contributed by atoms with Gasteiger partial charge in [-0.05, 0) is 28.8 Å². The van der Waals surface area contributed by atoms with Crippen LogP contribution in [0, 0.1) is 5.82 Å². The van der Waals surface area contributed by atoms with Gasteiger partial charge in [-0.1, -0.05) is 72.8 Å². The molecule has 1 amide bonds. The Morgan fingerprint density at radius 2 is 1.39 bits per heavy atom. The summed E-state index contributed by atoms with van der Waals surface area (Å²) in [6, 6.07) is 25.5. The SMILES string of the molecule is O=C(O)c1cc(OCc2ccccc2)c(OCc2ccccc2)c(C(=O)NCc2ccc(F)cc2)n1. The van der Waals surface area contributed by atoms with E-state index in [1.165, 1.54) is 30.3 Å². The van der Waals surface area contributed by atoms with E-state index in [0.29, 0.717) is 5.56 Å². The highest BCUT2D eigenvalue weighted by Crippen LogP contribution is 2.33. The molecule has 0 spiro atoms. The summed E-state index contributed by atoms with van der Waals surface area (Å²) in [5.74, 6) is -2.26. The zero-order valence-corrected chi connectivity index (χ0v) is 19.2. The van der Waals surface area contributed by atoms with Gasteiger partial charge in [0.05, 0.1) is 0 Å². The molecule has 0 aliphatic heterocycles. The molecule has 0 aliphatic carbocycles. The van der Waals surface area contributed by atoms with Crippen molar-refractivity contribution in [1.29, 1.82) is 0 Å². The number of aromatic nitrogens is 1. The van der Waals surface area contributed by atoms with Gasteiger partial charge in [-0.3, -0.25) is 4.79 Å². The Morgan fingerprint density at radius 1 is 0.806 bits per heavy atom. The number of carbonyl (C=O) groups is 2. The third-order valence-corrected chi connectivity index (χ3v) is 5.20. The Balaban J connectivity index is 1.65. The molecule has 2 N–H and O–H groups in total. The van der Waals surface area contributed by atoms with E-state index >= 15 is 0 Å². The minimum absolute atomic E-state index is 0.0244. The second-order valence-electron chi connectivity index (χ2n) is 7.85. The maximum absolute atomic E-state index is 13.2. The topological polar surface area (TPSA) is 97.8 Å². The monoisotopic (exact) mass is 486 g/mol. The smallest absolute Gasteiger partial charge is 0.354 e. The van der Waals surface area contributed by atoms with Crippen molar-refractivity contribution in [3.63, 3.8) is 0 Å². The highest BCUT2D eigenvalue weighted by Gasteiger charge is 2.24. The van der Waals surface area contributed by atoms with E-state index < -0.39 is 17.7 Å². The number of carbonyl (C=O) groups excluding carboxylic acids is 1.